The number of benzene rings is 3. The Bertz CT molecular complexity index is 1570. The van der Waals surface area contributed by atoms with Crippen LogP contribution in [0, 0.1) is 0 Å². The maximum atomic E-state index is 14.4. The smallest absolute Gasteiger partial charge is 0.265 e. The number of nitrogens with one attached hydrogen (secondary N) is 1. The predicted molar refractivity (Wildman–Crippen MR) is 173 cm³/mol. The van der Waals surface area contributed by atoms with Crippen LogP contribution in [-0.4, -0.2) is 72.7 Å². The molecule has 45 heavy (non-hydrogen) atoms. The highest BCUT2D eigenvalue weighted by Gasteiger charge is 2.34. The van der Waals surface area contributed by atoms with E-state index in [0.29, 0.717) is 28.6 Å². The fourth-order valence-corrected chi connectivity index (χ4v) is 6.07. The molecule has 0 bridgehead atoms. The number of sulfonamides is 1. The third-order valence-corrected chi connectivity index (χ3v) is 9.15. The molecule has 0 aliphatic carbocycles. The number of rotatable bonds is 16. The topological polar surface area (TPSA) is 124 Å². The third-order valence-electron chi connectivity index (χ3n) is 7.14. The second-order valence-corrected chi connectivity index (χ2v) is 12.3. The molecule has 3 aromatic carbocycles. The summed E-state index contributed by atoms with van der Waals surface area (Å²) in [4.78, 5) is 28.6. The van der Waals surface area contributed by atoms with Crippen molar-refractivity contribution in [1.29, 1.82) is 0 Å². The molecule has 1 unspecified atom stereocenters. The maximum Gasteiger partial charge on any atom is 0.265 e. The predicted octanol–water partition coefficient (Wildman–Crippen LogP) is 4.90. The SMILES string of the molecule is CCCCNC(=O)C(C)N(Cc1ccc(Cl)cc1)C(=O)CN(c1cc(OC)ccc1OC)S(=O)(=O)c1ccc(OC)c(OC)c1. The summed E-state index contributed by atoms with van der Waals surface area (Å²) >= 11 is 6.08. The van der Waals surface area contributed by atoms with E-state index in [4.69, 9.17) is 30.5 Å². The van der Waals surface area contributed by atoms with Crippen molar-refractivity contribution in [3.63, 3.8) is 0 Å². The van der Waals surface area contributed by atoms with Gasteiger partial charge in [0.05, 0.1) is 39.0 Å². The fraction of sp³-hybridized carbons (Fsp3) is 0.375. The van der Waals surface area contributed by atoms with Gasteiger partial charge < -0.3 is 29.2 Å². The van der Waals surface area contributed by atoms with E-state index in [2.05, 4.69) is 5.32 Å². The van der Waals surface area contributed by atoms with Gasteiger partial charge in [-0.1, -0.05) is 37.1 Å². The molecule has 0 aliphatic heterocycles. The minimum Gasteiger partial charge on any atom is -0.497 e. The molecule has 3 aromatic rings. The highest BCUT2D eigenvalue weighted by atomic mass is 35.5. The van der Waals surface area contributed by atoms with Gasteiger partial charge in [-0.25, -0.2) is 8.42 Å². The van der Waals surface area contributed by atoms with Crippen molar-refractivity contribution in [2.45, 2.75) is 44.2 Å². The number of carbonyl (C=O) groups is 2. The molecule has 3 rings (SSSR count). The van der Waals surface area contributed by atoms with E-state index in [1.54, 1.807) is 43.3 Å². The molecule has 0 radical (unpaired) electrons. The quantitative estimate of drug-likeness (QED) is 0.215. The van der Waals surface area contributed by atoms with Crippen molar-refractivity contribution in [3.8, 4) is 23.0 Å². The van der Waals surface area contributed by atoms with Crippen molar-refractivity contribution in [2.24, 2.45) is 0 Å². The normalized spacial score (nSPS) is 11.7. The van der Waals surface area contributed by atoms with Crippen LogP contribution in [-0.2, 0) is 26.2 Å². The number of unbranched alkanes of at least 4 members (excludes halogenated alkanes) is 1. The molecular weight excluding hydrogens is 622 g/mol. The molecule has 13 heteroatoms. The molecule has 1 atom stereocenters. The van der Waals surface area contributed by atoms with Crippen molar-refractivity contribution in [3.05, 3.63) is 71.2 Å². The maximum absolute atomic E-state index is 14.4. The first-order valence-corrected chi connectivity index (χ1v) is 16.1. The lowest BCUT2D eigenvalue weighted by Gasteiger charge is -2.32. The highest BCUT2D eigenvalue weighted by molar-refractivity contribution is 7.92. The van der Waals surface area contributed by atoms with Crippen LogP contribution in [0.25, 0.3) is 0 Å². The minimum atomic E-state index is -4.44. The molecule has 0 saturated heterocycles. The van der Waals surface area contributed by atoms with Gasteiger partial charge in [0, 0.05) is 30.2 Å². The number of anilines is 1. The first-order valence-electron chi connectivity index (χ1n) is 14.3. The van der Waals surface area contributed by atoms with Crippen LogP contribution in [0.4, 0.5) is 5.69 Å². The third kappa shape index (κ3) is 8.73. The number of hydrogen-bond donors (Lipinski definition) is 1. The minimum absolute atomic E-state index is 0.0257. The first-order chi connectivity index (χ1) is 21.5. The van der Waals surface area contributed by atoms with Crippen LogP contribution in [0.5, 0.6) is 23.0 Å². The van der Waals surface area contributed by atoms with Gasteiger partial charge in [0.25, 0.3) is 10.0 Å². The number of methoxy groups -OCH3 is 4. The van der Waals surface area contributed by atoms with Crippen LogP contribution in [0.3, 0.4) is 0 Å². The van der Waals surface area contributed by atoms with Gasteiger partial charge in [0.2, 0.25) is 11.8 Å². The molecule has 0 aliphatic rings. The van der Waals surface area contributed by atoms with Gasteiger partial charge >= 0.3 is 0 Å². The van der Waals surface area contributed by atoms with E-state index >= 15 is 0 Å². The Labute approximate surface area is 270 Å². The Morgan fingerprint density at radius 1 is 0.867 bits per heavy atom. The standard InChI is InChI=1S/C32H40ClN3O8S/c1-7-8-17-34-32(38)22(2)35(20-23-9-11-24(33)12-10-23)31(37)21-36(27-18-25(41-3)13-15-28(27)42-4)45(39,40)26-14-16-29(43-5)30(19-26)44-6/h9-16,18-19,22H,7-8,17,20-21H2,1-6H3,(H,34,38). The fourth-order valence-electron chi connectivity index (χ4n) is 4.51. The number of hydrogen-bond acceptors (Lipinski definition) is 8. The van der Waals surface area contributed by atoms with Crippen molar-refractivity contribution >= 4 is 39.1 Å². The monoisotopic (exact) mass is 661 g/mol. The van der Waals surface area contributed by atoms with Crippen molar-refractivity contribution < 1.29 is 37.0 Å². The Morgan fingerprint density at radius 2 is 1.51 bits per heavy atom. The van der Waals surface area contributed by atoms with Gasteiger partial charge in [-0.2, -0.15) is 0 Å². The summed E-state index contributed by atoms with van der Waals surface area (Å²) in [5.41, 5.74) is 0.765. The molecule has 1 N–H and O–H groups in total. The van der Waals surface area contributed by atoms with Crippen molar-refractivity contribution in [1.82, 2.24) is 10.2 Å². The van der Waals surface area contributed by atoms with Crippen LogP contribution >= 0.6 is 11.6 Å². The summed E-state index contributed by atoms with van der Waals surface area (Å²) in [7, 11) is 1.22. The van der Waals surface area contributed by atoms with Gasteiger partial charge in [-0.05, 0) is 55.3 Å². The first kappa shape index (κ1) is 35.3. The average Bonchev–Trinajstić information content (AvgIpc) is 3.05. The number of halogens is 1. The molecule has 11 nitrogen and oxygen atoms in total. The summed E-state index contributed by atoms with van der Waals surface area (Å²) in [5, 5.41) is 3.38. The van der Waals surface area contributed by atoms with Crippen LogP contribution in [0.1, 0.15) is 32.3 Å². The molecular formula is C32H40ClN3O8S. The van der Waals surface area contributed by atoms with E-state index in [0.717, 1.165) is 17.1 Å². The number of carbonyl (C=O) groups excluding carboxylic acids is 2. The second kappa shape index (κ2) is 16.2. The van der Waals surface area contributed by atoms with E-state index < -0.39 is 28.5 Å². The lowest BCUT2D eigenvalue weighted by molar-refractivity contribution is -0.139. The van der Waals surface area contributed by atoms with Gasteiger partial charge in [0.1, 0.15) is 24.1 Å². The summed E-state index contributed by atoms with van der Waals surface area (Å²) in [6, 6.07) is 14.7. The molecule has 0 aromatic heterocycles. The second-order valence-electron chi connectivity index (χ2n) is 10.0. The van der Waals surface area contributed by atoms with Gasteiger partial charge in [-0.3, -0.25) is 13.9 Å². The Morgan fingerprint density at radius 3 is 2.11 bits per heavy atom. The zero-order valence-corrected chi connectivity index (χ0v) is 27.9. The van der Waals surface area contributed by atoms with E-state index in [9.17, 15) is 18.0 Å². The Hall–Kier alpha value is -4.16. The average molecular weight is 662 g/mol. The lowest BCUT2D eigenvalue weighted by Crippen LogP contribution is -2.51. The van der Waals surface area contributed by atoms with Crippen LogP contribution in [0.15, 0.2) is 65.6 Å². The molecule has 2 amide bonds. The molecule has 0 spiro atoms. The zero-order chi connectivity index (χ0) is 33.1. The zero-order valence-electron chi connectivity index (χ0n) is 26.3. The number of nitrogens with zero attached hydrogens (tertiary/aromatic N) is 2. The summed E-state index contributed by atoms with van der Waals surface area (Å²) in [5.74, 6) is 0.0463. The molecule has 0 saturated carbocycles. The summed E-state index contributed by atoms with van der Waals surface area (Å²) in [6.07, 6.45) is 1.66. The highest BCUT2D eigenvalue weighted by Crippen LogP contribution is 2.37. The van der Waals surface area contributed by atoms with Crippen molar-refractivity contribution in [2.75, 3.05) is 45.8 Å². The van der Waals surface area contributed by atoms with Crippen LogP contribution in [0.2, 0.25) is 5.02 Å². The lowest BCUT2D eigenvalue weighted by atomic mass is 10.1. The summed E-state index contributed by atoms with van der Waals surface area (Å²) in [6.45, 7) is 3.42. The van der Waals surface area contributed by atoms with E-state index in [-0.39, 0.29) is 34.5 Å². The molecule has 244 valence electrons. The van der Waals surface area contributed by atoms with E-state index in [1.165, 1.54) is 57.6 Å². The molecule has 0 fully saturated rings. The van der Waals surface area contributed by atoms with Gasteiger partial charge in [0.15, 0.2) is 11.5 Å². The molecule has 0 heterocycles. The number of ether oxygens (including phenoxy) is 4. The summed E-state index contributed by atoms with van der Waals surface area (Å²) < 4.78 is 51.2. The Kier molecular flexibility index (Phi) is 12.7. The van der Waals surface area contributed by atoms with E-state index in [1.807, 2.05) is 6.92 Å². The van der Waals surface area contributed by atoms with Gasteiger partial charge in [-0.15, -0.1) is 0 Å². The Balaban J connectivity index is 2.14. The largest absolute Gasteiger partial charge is 0.497 e. The number of amides is 2. The van der Waals surface area contributed by atoms with Crippen LogP contribution < -0.4 is 28.6 Å².